The normalized spacial score (nSPS) is 14.3. The van der Waals surface area contributed by atoms with Crippen LogP contribution in [0, 0.1) is 0 Å². The van der Waals surface area contributed by atoms with E-state index < -0.39 is 18.1 Å². The van der Waals surface area contributed by atoms with Crippen LogP contribution in [0.5, 0.6) is 0 Å². The maximum Gasteiger partial charge on any atom is 0.471 e. The van der Waals surface area contributed by atoms with Crippen LogP contribution >= 0.6 is 22.6 Å². The number of carbonyl (C=O) groups excluding carboxylic acids is 1. The minimum atomic E-state index is -4.76. The molecule has 11 heavy (non-hydrogen) atoms. The lowest BCUT2D eigenvalue weighted by Crippen LogP contribution is -2.42. The first-order valence-corrected chi connectivity index (χ1v) is 4.34. The molecule has 0 unspecified atom stereocenters. The number of carbonyl (C=O) groups is 1. The zero-order valence-corrected chi connectivity index (χ0v) is 7.86. The summed E-state index contributed by atoms with van der Waals surface area (Å²) in [5.41, 5.74) is 0. The van der Waals surface area contributed by atoms with Gasteiger partial charge in [0, 0.05) is 10.5 Å². The predicted octanol–water partition coefficient (Wildman–Crippen LogP) is 1.49. The molecule has 0 spiro atoms. The molecule has 6 heteroatoms. The van der Waals surface area contributed by atoms with E-state index in [1.165, 1.54) is 6.92 Å². The Morgan fingerprint density at radius 1 is 1.64 bits per heavy atom. The second-order valence-corrected chi connectivity index (χ2v) is 2.91. The number of nitrogens with one attached hydrogen (secondary N) is 1. The summed E-state index contributed by atoms with van der Waals surface area (Å²) in [5, 5.41) is 1.80. The zero-order valence-electron chi connectivity index (χ0n) is 5.70. The molecule has 0 saturated heterocycles. The van der Waals surface area contributed by atoms with Crippen LogP contribution in [0.25, 0.3) is 0 Å². The maximum absolute atomic E-state index is 11.5. The van der Waals surface area contributed by atoms with Crippen molar-refractivity contribution in [1.29, 1.82) is 0 Å². The summed E-state index contributed by atoms with van der Waals surface area (Å²) in [6.07, 6.45) is -4.76. The van der Waals surface area contributed by atoms with Gasteiger partial charge in [-0.1, -0.05) is 22.6 Å². The van der Waals surface area contributed by atoms with Crippen LogP contribution in [0.4, 0.5) is 13.2 Å². The molecular weight excluding hydrogens is 274 g/mol. The highest BCUT2D eigenvalue weighted by molar-refractivity contribution is 14.1. The van der Waals surface area contributed by atoms with Crippen molar-refractivity contribution in [3.63, 3.8) is 0 Å². The second kappa shape index (κ2) is 4.13. The lowest BCUT2D eigenvalue weighted by Gasteiger charge is -2.11. The van der Waals surface area contributed by atoms with E-state index in [-0.39, 0.29) is 0 Å². The first kappa shape index (κ1) is 11.0. The van der Waals surface area contributed by atoms with Crippen LogP contribution in [0.2, 0.25) is 0 Å². The van der Waals surface area contributed by atoms with E-state index in [2.05, 4.69) is 0 Å². The molecule has 0 aromatic heterocycles. The van der Waals surface area contributed by atoms with E-state index in [1.54, 1.807) is 5.32 Å². The van der Waals surface area contributed by atoms with Gasteiger partial charge in [-0.2, -0.15) is 13.2 Å². The summed E-state index contributed by atoms with van der Waals surface area (Å²) >= 11 is 1.89. The minimum absolute atomic E-state index is 0.440. The van der Waals surface area contributed by atoms with Crippen molar-refractivity contribution < 1.29 is 18.0 Å². The number of halogens is 4. The van der Waals surface area contributed by atoms with Gasteiger partial charge in [-0.05, 0) is 6.92 Å². The summed E-state index contributed by atoms with van der Waals surface area (Å²) in [6, 6.07) is -0.440. The van der Waals surface area contributed by atoms with Crippen molar-refractivity contribution in [3.8, 4) is 0 Å². The molecule has 0 aliphatic carbocycles. The minimum Gasteiger partial charge on any atom is -0.345 e. The average molecular weight is 281 g/mol. The van der Waals surface area contributed by atoms with Crippen LogP contribution in [0.1, 0.15) is 6.92 Å². The Balaban J connectivity index is 3.88. The highest BCUT2D eigenvalue weighted by atomic mass is 127. The Kier molecular flexibility index (Phi) is 4.12. The Morgan fingerprint density at radius 2 is 2.09 bits per heavy atom. The van der Waals surface area contributed by atoms with Gasteiger partial charge in [-0.3, -0.25) is 4.79 Å². The third-order valence-corrected chi connectivity index (χ3v) is 2.19. The lowest BCUT2D eigenvalue weighted by atomic mass is 10.4. The Hall–Kier alpha value is -0.0100. The van der Waals surface area contributed by atoms with Gasteiger partial charge in [0.15, 0.2) is 0 Å². The van der Waals surface area contributed by atoms with E-state index in [0.29, 0.717) is 4.43 Å². The van der Waals surface area contributed by atoms with Crippen molar-refractivity contribution in [2.75, 3.05) is 4.43 Å². The molecule has 0 radical (unpaired) electrons. The monoisotopic (exact) mass is 281 g/mol. The average Bonchev–Trinajstić information content (AvgIpc) is 1.85. The van der Waals surface area contributed by atoms with Gasteiger partial charge < -0.3 is 5.32 Å². The molecule has 0 aromatic rings. The van der Waals surface area contributed by atoms with Gasteiger partial charge in [-0.25, -0.2) is 0 Å². The Morgan fingerprint density at radius 3 is 2.36 bits per heavy atom. The molecule has 1 amide bonds. The number of hydrogen-bond donors (Lipinski definition) is 1. The van der Waals surface area contributed by atoms with Gasteiger partial charge in [0.2, 0.25) is 0 Å². The third kappa shape index (κ3) is 4.44. The standard InChI is InChI=1S/C5H7F3INO/c1-3(2-9)10-4(11)5(6,7)8/h3H,2H2,1H3,(H,10,11)/t3-/m0/s1. The smallest absolute Gasteiger partial charge is 0.345 e. The van der Waals surface area contributed by atoms with E-state index in [9.17, 15) is 18.0 Å². The van der Waals surface area contributed by atoms with Crippen molar-refractivity contribution >= 4 is 28.5 Å². The van der Waals surface area contributed by atoms with Crippen molar-refractivity contribution in [3.05, 3.63) is 0 Å². The van der Waals surface area contributed by atoms with Gasteiger partial charge in [-0.15, -0.1) is 0 Å². The maximum atomic E-state index is 11.5. The number of hydrogen-bond acceptors (Lipinski definition) is 1. The van der Waals surface area contributed by atoms with Gasteiger partial charge >= 0.3 is 12.1 Å². The number of alkyl halides is 4. The topological polar surface area (TPSA) is 29.1 Å². The lowest BCUT2D eigenvalue weighted by molar-refractivity contribution is -0.174. The quantitative estimate of drug-likeness (QED) is 0.603. The van der Waals surface area contributed by atoms with Crippen LogP contribution < -0.4 is 5.32 Å². The molecule has 1 atom stereocenters. The molecule has 0 rings (SSSR count). The fourth-order valence-electron chi connectivity index (χ4n) is 0.344. The van der Waals surface area contributed by atoms with Gasteiger partial charge in [0.1, 0.15) is 0 Å². The van der Waals surface area contributed by atoms with E-state index in [0.717, 1.165) is 0 Å². The summed E-state index contributed by atoms with van der Waals surface area (Å²) in [7, 11) is 0. The first-order chi connectivity index (χ1) is 4.88. The molecule has 0 aliphatic heterocycles. The van der Waals surface area contributed by atoms with Crippen molar-refractivity contribution in [2.45, 2.75) is 19.1 Å². The van der Waals surface area contributed by atoms with Gasteiger partial charge in [0.25, 0.3) is 0 Å². The molecule has 0 aliphatic rings. The Bertz CT molecular complexity index is 147. The second-order valence-electron chi connectivity index (χ2n) is 2.03. The number of amides is 1. The molecule has 0 fully saturated rings. The summed E-state index contributed by atoms with van der Waals surface area (Å²) in [4.78, 5) is 10.2. The molecule has 1 N–H and O–H groups in total. The Labute approximate surface area is 75.7 Å². The summed E-state index contributed by atoms with van der Waals surface area (Å²) in [6.45, 7) is 1.51. The van der Waals surface area contributed by atoms with Crippen LogP contribution in [-0.2, 0) is 4.79 Å². The van der Waals surface area contributed by atoms with Crippen LogP contribution in [0.3, 0.4) is 0 Å². The molecule has 0 aromatic carbocycles. The third-order valence-electron chi connectivity index (χ3n) is 0.866. The molecular formula is C5H7F3INO. The highest BCUT2D eigenvalue weighted by Gasteiger charge is 2.38. The molecule has 0 heterocycles. The van der Waals surface area contributed by atoms with E-state index in [4.69, 9.17) is 0 Å². The SMILES string of the molecule is C[C@@H](CI)NC(=O)C(F)(F)F. The van der Waals surface area contributed by atoms with E-state index in [1.807, 2.05) is 22.6 Å². The highest BCUT2D eigenvalue weighted by Crippen LogP contribution is 2.14. The largest absolute Gasteiger partial charge is 0.471 e. The zero-order chi connectivity index (χ0) is 9.07. The predicted molar refractivity (Wildman–Crippen MR) is 42.5 cm³/mol. The first-order valence-electron chi connectivity index (χ1n) is 2.81. The fraction of sp³-hybridized carbons (Fsp3) is 0.800. The molecule has 0 saturated carbocycles. The number of rotatable bonds is 2. The molecule has 66 valence electrons. The van der Waals surface area contributed by atoms with E-state index >= 15 is 0 Å². The van der Waals surface area contributed by atoms with Crippen molar-refractivity contribution in [1.82, 2.24) is 5.32 Å². The van der Waals surface area contributed by atoms with Crippen LogP contribution in [0.15, 0.2) is 0 Å². The van der Waals surface area contributed by atoms with Crippen LogP contribution in [-0.4, -0.2) is 22.6 Å². The summed E-state index contributed by atoms with van der Waals surface area (Å²) in [5.74, 6) is -1.87. The summed E-state index contributed by atoms with van der Waals surface area (Å²) < 4.78 is 35.1. The molecule has 2 nitrogen and oxygen atoms in total. The van der Waals surface area contributed by atoms with Gasteiger partial charge in [0.05, 0.1) is 0 Å². The molecule has 0 bridgehead atoms. The fourth-order valence-corrected chi connectivity index (χ4v) is 0.564. The van der Waals surface area contributed by atoms with Crippen molar-refractivity contribution in [2.24, 2.45) is 0 Å².